The topological polar surface area (TPSA) is 118 Å². The van der Waals surface area contributed by atoms with Gasteiger partial charge in [-0.05, 0) is 59.9 Å². The van der Waals surface area contributed by atoms with Gasteiger partial charge in [0.2, 0.25) is 5.91 Å². The minimum Gasteiger partial charge on any atom is -0.458 e. The lowest BCUT2D eigenvalue weighted by atomic mass is 9.95. The highest BCUT2D eigenvalue weighted by Gasteiger charge is 2.57. The number of carbonyl (C=O) groups is 3. The fourth-order valence-electron chi connectivity index (χ4n) is 3.22. The molecule has 174 valence electrons. The molecule has 0 unspecified atom stereocenters. The van der Waals surface area contributed by atoms with Crippen LogP contribution >= 0.6 is 0 Å². The summed E-state index contributed by atoms with van der Waals surface area (Å²) < 4.78 is 10.7. The quantitative estimate of drug-likeness (QED) is 0.625. The third-order valence-electron chi connectivity index (χ3n) is 4.86. The van der Waals surface area contributed by atoms with Crippen LogP contribution in [-0.2, 0) is 25.5 Å². The van der Waals surface area contributed by atoms with Crippen LogP contribution in [0, 0.1) is 16.7 Å². The van der Waals surface area contributed by atoms with Crippen LogP contribution in [0.25, 0.3) is 0 Å². The third kappa shape index (κ3) is 7.26. The van der Waals surface area contributed by atoms with Gasteiger partial charge in [-0.1, -0.05) is 30.3 Å². The van der Waals surface area contributed by atoms with Crippen molar-refractivity contribution in [3.05, 3.63) is 35.9 Å². The zero-order chi connectivity index (χ0) is 24.2. The first-order valence-electron chi connectivity index (χ1n) is 10.7. The lowest BCUT2D eigenvalue weighted by Gasteiger charge is -2.28. The number of nitrogens with one attached hydrogen (secondary N) is 2. The van der Waals surface area contributed by atoms with Gasteiger partial charge < -0.3 is 20.1 Å². The van der Waals surface area contributed by atoms with Crippen LogP contribution in [0.2, 0.25) is 0 Å². The second kappa shape index (κ2) is 9.60. The smallest absolute Gasteiger partial charge is 0.408 e. The van der Waals surface area contributed by atoms with E-state index in [9.17, 15) is 19.6 Å². The van der Waals surface area contributed by atoms with E-state index in [1.807, 2.05) is 36.4 Å². The Labute approximate surface area is 189 Å². The van der Waals surface area contributed by atoms with Crippen molar-refractivity contribution >= 4 is 18.0 Å². The molecule has 8 heteroatoms. The van der Waals surface area contributed by atoms with Crippen LogP contribution in [-0.4, -0.2) is 41.3 Å². The van der Waals surface area contributed by atoms with E-state index in [0.717, 1.165) is 5.56 Å². The highest BCUT2D eigenvalue weighted by Crippen LogP contribution is 2.49. The van der Waals surface area contributed by atoms with Crippen LogP contribution in [0.4, 0.5) is 4.79 Å². The van der Waals surface area contributed by atoms with Crippen molar-refractivity contribution in [3.63, 3.8) is 0 Å². The van der Waals surface area contributed by atoms with Crippen LogP contribution < -0.4 is 10.6 Å². The van der Waals surface area contributed by atoms with Crippen molar-refractivity contribution in [2.24, 2.45) is 5.41 Å². The maximum Gasteiger partial charge on any atom is 0.408 e. The van der Waals surface area contributed by atoms with E-state index in [2.05, 4.69) is 10.6 Å². The summed E-state index contributed by atoms with van der Waals surface area (Å²) in [5, 5.41) is 14.9. The molecule has 1 aromatic carbocycles. The number of amides is 2. The molecule has 2 rings (SSSR count). The molecule has 0 heterocycles. The molecular weight excluding hydrogens is 410 g/mol. The Morgan fingerprint density at radius 1 is 1.00 bits per heavy atom. The van der Waals surface area contributed by atoms with E-state index < -0.39 is 46.7 Å². The summed E-state index contributed by atoms with van der Waals surface area (Å²) in [7, 11) is 0. The molecule has 1 aliphatic rings. The summed E-state index contributed by atoms with van der Waals surface area (Å²) >= 11 is 0. The van der Waals surface area contributed by atoms with Crippen LogP contribution in [0.3, 0.4) is 0 Å². The first-order valence-corrected chi connectivity index (χ1v) is 10.7. The number of rotatable bonds is 7. The second-order valence-corrected chi connectivity index (χ2v) is 10.1. The highest BCUT2D eigenvalue weighted by atomic mass is 16.6. The van der Waals surface area contributed by atoms with Crippen LogP contribution in [0.15, 0.2) is 30.3 Å². The largest absolute Gasteiger partial charge is 0.458 e. The van der Waals surface area contributed by atoms with Gasteiger partial charge in [-0.15, -0.1) is 0 Å². The number of esters is 1. The van der Waals surface area contributed by atoms with Gasteiger partial charge in [0.25, 0.3) is 0 Å². The highest BCUT2D eigenvalue weighted by molar-refractivity contribution is 5.91. The molecule has 1 aliphatic carbocycles. The van der Waals surface area contributed by atoms with Gasteiger partial charge in [-0.2, -0.15) is 5.26 Å². The van der Waals surface area contributed by atoms with E-state index in [4.69, 9.17) is 9.47 Å². The molecular formula is C24H33N3O5. The van der Waals surface area contributed by atoms with Crippen LogP contribution in [0.5, 0.6) is 0 Å². The summed E-state index contributed by atoms with van der Waals surface area (Å²) in [4.78, 5) is 38.2. The van der Waals surface area contributed by atoms with E-state index in [1.165, 1.54) is 0 Å². The Bertz CT molecular complexity index is 874. The van der Waals surface area contributed by atoms with Gasteiger partial charge >= 0.3 is 12.1 Å². The molecule has 0 spiro atoms. The van der Waals surface area contributed by atoms with E-state index in [1.54, 1.807) is 41.5 Å². The van der Waals surface area contributed by atoms with Crippen LogP contribution in [0.1, 0.15) is 59.9 Å². The maximum absolute atomic E-state index is 13.2. The predicted octanol–water partition coefficient (Wildman–Crippen LogP) is 3.25. The van der Waals surface area contributed by atoms with Gasteiger partial charge in [0.1, 0.15) is 23.3 Å². The second-order valence-electron chi connectivity index (χ2n) is 10.1. The lowest BCUT2D eigenvalue weighted by molar-refractivity contribution is -0.159. The average Bonchev–Trinajstić information content (AvgIpc) is 3.45. The van der Waals surface area contributed by atoms with E-state index in [-0.39, 0.29) is 6.42 Å². The van der Waals surface area contributed by atoms with Crippen molar-refractivity contribution in [1.82, 2.24) is 10.6 Å². The summed E-state index contributed by atoms with van der Waals surface area (Å²) in [5.74, 6) is -1.02. The van der Waals surface area contributed by atoms with Crippen molar-refractivity contribution in [3.8, 4) is 6.07 Å². The summed E-state index contributed by atoms with van der Waals surface area (Å²) in [6.07, 6.45) is 0.309. The molecule has 1 saturated carbocycles. The number of nitriles is 1. The fraction of sp³-hybridized carbons (Fsp3) is 0.583. The van der Waals surface area contributed by atoms with Gasteiger partial charge in [-0.3, -0.25) is 4.79 Å². The standard InChI is InChI=1S/C24H33N3O5/c1-22(2,3)31-19(28)17(14-16-10-8-7-9-11-16)26-20(29)24(12-13-24)18(15-25)27-21(30)32-23(4,5)6/h7-11,17-18H,12-14H2,1-6H3,(H,26,29)(H,27,30)/t17-,18+/m0/s1. The molecule has 1 aromatic rings. The van der Waals surface area contributed by atoms with Gasteiger partial charge in [0.05, 0.1) is 11.5 Å². The molecule has 2 atom stereocenters. The average molecular weight is 444 g/mol. The Kier molecular flexibility index (Phi) is 7.55. The minimum atomic E-state index is -1.11. The Morgan fingerprint density at radius 2 is 1.56 bits per heavy atom. The Hall–Kier alpha value is -3.08. The number of benzene rings is 1. The molecule has 2 amide bonds. The number of carbonyl (C=O) groups excluding carboxylic acids is 3. The minimum absolute atomic E-state index is 0.244. The first-order chi connectivity index (χ1) is 14.8. The number of hydrogen-bond acceptors (Lipinski definition) is 6. The zero-order valence-electron chi connectivity index (χ0n) is 19.7. The number of hydrogen-bond donors (Lipinski definition) is 2. The Morgan fingerprint density at radius 3 is 2.03 bits per heavy atom. The lowest BCUT2D eigenvalue weighted by Crippen LogP contribution is -2.53. The molecule has 0 aromatic heterocycles. The molecule has 0 aliphatic heterocycles. The molecule has 0 saturated heterocycles. The SMILES string of the molecule is CC(C)(C)OC(=O)N[C@H](C#N)C1(C(=O)N[C@@H](Cc2ccccc2)C(=O)OC(C)(C)C)CC1. The number of ether oxygens (including phenoxy) is 2. The summed E-state index contributed by atoms with van der Waals surface area (Å²) in [6, 6.07) is 9.28. The fourth-order valence-corrected chi connectivity index (χ4v) is 3.22. The zero-order valence-corrected chi connectivity index (χ0v) is 19.7. The normalized spacial score (nSPS) is 16.7. The number of nitrogens with zero attached hydrogens (tertiary/aromatic N) is 1. The molecule has 0 radical (unpaired) electrons. The number of alkyl carbamates (subject to hydrolysis) is 1. The molecule has 1 fully saturated rings. The van der Waals surface area contributed by atoms with Crippen molar-refractivity contribution in [2.45, 2.75) is 84.1 Å². The van der Waals surface area contributed by atoms with Crippen molar-refractivity contribution in [1.29, 1.82) is 5.26 Å². The first kappa shape index (κ1) is 25.2. The third-order valence-corrected chi connectivity index (χ3v) is 4.86. The van der Waals surface area contributed by atoms with Gasteiger partial charge in [0, 0.05) is 6.42 Å². The van der Waals surface area contributed by atoms with Crippen molar-refractivity contribution in [2.75, 3.05) is 0 Å². The Balaban J connectivity index is 2.17. The van der Waals surface area contributed by atoms with Gasteiger partial charge in [-0.25, -0.2) is 9.59 Å². The summed E-state index contributed by atoms with van der Waals surface area (Å²) in [6.45, 7) is 10.4. The molecule has 0 bridgehead atoms. The summed E-state index contributed by atoms with van der Waals surface area (Å²) in [5.41, 5.74) is -1.71. The van der Waals surface area contributed by atoms with E-state index in [0.29, 0.717) is 12.8 Å². The molecule has 8 nitrogen and oxygen atoms in total. The predicted molar refractivity (Wildman–Crippen MR) is 118 cm³/mol. The molecule has 2 N–H and O–H groups in total. The molecule has 32 heavy (non-hydrogen) atoms. The maximum atomic E-state index is 13.2. The van der Waals surface area contributed by atoms with Gasteiger partial charge in [0.15, 0.2) is 0 Å². The van der Waals surface area contributed by atoms with Crippen molar-refractivity contribution < 1.29 is 23.9 Å². The van der Waals surface area contributed by atoms with E-state index >= 15 is 0 Å². The monoisotopic (exact) mass is 443 g/mol.